The minimum absolute atomic E-state index is 0.166. The molecule has 140 valence electrons. The van der Waals surface area contributed by atoms with Crippen molar-refractivity contribution in [3.8, 4) is 0 Å². The molecule has 3 amide bonds. The van der Waals surface area contributed by atoms with E-state index in [0.29, 0.717) is 22.9 Å². The summed E-state index contributed by atoms with van der Waals surface area (Å²) in [7, 11) is 0. The number of nitrogens with zero attached hydrogens (tertiary/aromatic N) is 2. The van der Waals surface area contributed by atoms with Crippen LogP contribution in [-0.2, 0) is 14.4 Å². The zero-order valence-electron chi connectivity index (χ0n) is 15.2. The fourth-order valence-electron chi connectivity index (χ4n) is 2.91. The Morgan fingerprint density at radius 2 is 1.81 bits per heavy atom. The second-order valence-electron chi connectivity index (χ2n) is 6.51. The maximum atomic E-state index is 12.4. The van der Waals surface area contributed by atoms with Crippen LogP contribution in [0.3, 0.4) is 0 Å². The Hall–Kier alpha value is -2.86. The Balaban J connectivity index is 1.63. The average molecular weight is 386 g/mol. The average Bonchev–Trinajstić information content (AvgIpc) is 2.62. The molecule has 0 aliphatic carbocycles. The van der Waals surface area contributed by atoms with E-state index in [1.54, 1.807) is 24.3 Å². The van der Waals surface area contributed by atoms with Gasteiger partial charge < -0.3 is 15.1 Å². The number of hydrogen-bond donors (Lipinski definition) is 1. The number of rotatable bonds is 4. The molecule has 0 radical (unpaired) electrons. The summed E-state index contributed by atoms with van der Waals surface area (Å²) in [5.41, 5.74) is 3.43. The standard InChI is InChI=1S/C20H20ClN3O3/c1-13-6-7-16(10-14(13)2)22-18(25)12-23-8-9-24(20(27)19(23)26)17-5-3-4-15(21)11-17/h3-7,10-11H,8-9,12H2,1-2H3,(H,22,25). The molecule has 0 bridgehead atoms. The molecule has 1 aliphatic rings. The third-order valence-corrected chi connectivity index (χ3v) is 4.79. The molecule has 2 aromatic rings. The van der Waals surface area contributed by atoms with Crippen molar-refractivity contribution in [1.29, 1.82) is 0 Å². The highest BCUT2D eigenvalue weighted by Gasteiger charge is 2.34. The van der Waals surface area contributed by atoms with Crippen LogP contribution in [0.2, 0.25) is 5.02 Å². The van der Waals surface area contributed by atoms with E-state index in [0.717, 1.165) is 11.1 Å². The topological polar surface area (TPSA) is 69.7 Å². The zero-order valence-corrected chi connectivity index (χ0v) is 15.9. The van der Waals surface area contributed by atoms with E-state index in [1.165, 1.54) is 9.80 Å². The van der Waals surface area contributed by atoms with Crippen LogP contribution in [-0.4, -0.2) is 42.3 Å². The summed E-state index contributed by atoms with van der Waals surface area (Å²) < 4.78 is 0. The number of amides is 3. The lowest BCUT2D eigenvalue weighted by Crippen LogP contribution is -2.56. The summed E-state index contributed by atoms with van der Waals surface area (Å²) in [6.07, 6.45) is 0. The van der Waals surface area contributed by atoms with Gasteiger partial charge in [0.2, 0.25) is 5.91 Å². The summed E-state index contributed by atoms with van der Waals surface area (Å²) >= 11 is 5.96. The Morgan fingerprint density at radius 1 is 1.04 bits per heavy atom. The van der Waals surface area contributed by atoms with Crippen LogP contribution < -0.4 is 10.2 Å². The van der Waals surface area contributed by atoms with Crippen LogP contribution in [0, 0.1) is 13.8 Å². The SMILES string of the molecule is Cc1ccc(NC(=O)CN2CCN(c3cccc(Cl)c3)C(=O)C2=O)cc1C. The van der Waals surface area contributed by atoms with Crippen molar-refractivity contribution in [3.63, 3.8) is 0 Å². The highest BCUT2D eigenvalue weighted by molar-refractivity contribution is 6.41. The fourth-order valence-corrected chi connectivity index (χ4v) is 3.09. The minimum atomic E-state index is -0.698. The lowest BCUT2D eigenvalue weighted by molar-refractivity contribution is -0.147. The first kappa shape index (κ1) is 18.9. The molecule has 1 fully saturated rings. The number of carbonyl (C=O) groups excluding carboxylic acids is 3. The Kier molecular flexibility index (Phi) is 5.46. The lowest BCUT2D eigenvalue weighted by Gasteiger charge is -2.33. The van der Waals surface area contributed by atoms with Gasteiger partial charge in [0.25, 0.3) is 0 Å². The van der Waals surface area contributed by atoms with E-state index < -0.39 is 11.8 Å². The van der Waals surface area contributed by atoms with Crippen molar-refractivity contribution in [3.05, 3.63) is 58.6 Å². The van der Waals surface area contributed by atoms with Gasteiger partial charge in [0.1, 0.15) is 6.54 Å². The molecule has 27 heavy (non-hydrogen) atoms. The largest absolute Gasteiger partial charge is 0.325 e. The van der Waals surface area contributed by atoms with Gasteiger partial charge in [-0.15, -0.1) is 0 Å². The monoisotopic (exact) mass is 385 g/mol. The second kappa shape index (κ2) is 7.80. The molecule has 1 saturated heterocycles. The number of anilines is 2. The van der Waals surface area contributed by atoms with Crippen molar-refractivity contribution < 1.29 is 14.4 Å². The molecule has 6 nitrogen and oxygen atoms in total. The van der Waals surface area contributed by atoms with Crippen LogP contribution in [0.5, 0.6) is 0 Å². The highest BCUT2D eigenvalue weighted by atomic mass is 35.5. The quantitative estimate of drug-likeness (QED) is 0.823. The lowest BCUT2D eigenvalue weighted by atomic mass is 10.1. The number of halogens is 1. The smallest absolute Gasteiger partial charge is 0.316 e. The normalized spacial score (nSPS) is 14.5. The van der Waals surface area contributed by atoms with E-state index in [1.807, 2.05) is 32.0 Å². The third-order valence-electron chi connectivity index (χ3n) is 4.55. The van der Waals surface area contributed by atoms with Crippen LogP contribution in [0.4, 0.5) is 11.4 Å². The van der Waals surface area contributed by atoms with E-state index in [2.05, 4.69) is 5.32 Å². The van der Waals surface area contributed by atoms with Crippen molar-refractivity contribution in [2.24, 2.45) is 0 Å². The summed E-state index contributed by atoms with van der Waals surface area (Å²) in [4.78, 5) is 39.8. The van der Waals surface area contributed by atoms with Gasteiger partial charge in [-0.25, -0.2) is 0 Å². The Labute approximate surface area is 162 Å². The second-order valence-corrected chi connectivity index (χ2v) is 6.95. The molecular formula is C20H20ClN3O3. The van der Waals surface area contributed by atoms with Gasteiger partial charge in [-0.1, -0.05) is 23.7 Å². The van der Waals surface area contributed by atoms with Crippen molar-refractivity contribution >= 4 is 40.7 Å². The molecule has 1 N–H and O–H groups in total. The van der Waals surface area contributed by atoms with Crippen molar-refractivity contribution in [2.75, 3.05) is 29.9 Å². The van der Waals surface area contributed by atoms with E-state index in [9.17, 15) is 14.4 Å². The van der Waals surface area contributed by atoms with E-state index in [-0.39, 0.29) is 19.0 Å². The van der Waals surface area contributed by atoms with Crippen LogP contribution in [0.15, 0.2) is 42.5 Å². The fraction of sp³-hybridized carbons (Fsp3) is 0.250. The van der Waals surface area contributed by atoms with Gasteiger partial charge >= 0.3 is 11.8 Å². The van der Waals surface area contributed by atoms with Crippen LogP contribution in [0.25, 0.3) is 0 Å². The number of aryl methyl sites for hydroxylation is 2. The van der Waals surface area contributed by atoms with Gasteiger partial charge in [-0.2, -0.15) is 0 Å². The molecule has 7 heteroatoms. The zero-order chi connectivity index (χ0) is 19.6. The molecule has 2 aromatic carbocycles. The summed E-state index contributed by atoms with van der Waals surface area (Å²) in [6.45, 7) is 4.37. The van der Waals surface area contributed by atoms with Gasteiger partial charge in [0.05, 0.1) is 0 Å². The molecule has 0 aromatic heterocycles. The molecule has 1 aliphatic heterocycles. The molecule has 0 saturated carbocycles. The Morgan fingerprint density at radius 3 is 2.52 bits per heavy atom. The number of benzene rings is 2. The number of piperazine rings is 1. The number of hydrogen-bond acceptors (Lipinski definition) is 3. The number of nitrogens with one attached hydrogen (secondary N) is 1. The highest BCUT2D eigenvalue weighted by Crippen LogP contribution is 2.22. The van der Waals surface area contributed by atoms with Crippen LogP contribution in [0.1, 0.15) is 11.1 Å². The van der Waals surface area contributed by atoms with E-state index >= 15 is 0 Å². The van der Waals surface area contributed by atoms with Crippen LogP contribution >= 0.6 is 11.6 Å². The predicted molar refractivity (Wildman–Crippen MR) is 105 cm³/mol. The number of carbonyl (C=O) groups is 3. The van der Waals surface area contributed by atoms with Gasteiger partial charge in [-0.05, 0) is 55.3 Å². The molecule has 1 heterocycles. The van der Waals surface area contributed by atoms with Gasteiger partial charge in [0.15, 0.2) is 0 Å². The van der Waals surface area contributed by atoms with E-state index in [4.69, 9.17) is 11.6 Å². The Bertz CT molecular complexity index is 913. The first-order chi connectivity index (χ1) is 12.8. The maximum Gasteiger partial charge on any atom is 0.316 e. The summed E-state index contributed by atoms with van der Waals surface area (Å²) in [5, 5.41) is 3.26. The van der Waals surface area contributed by atoms with Crippen molar-refractivity contribution in [2.45, 2.75) is 13.8 Å². The molecule has 3 rings (SSSR count). The minimum Gasteiger partial charge on any atom is -0.325 e. The molecule has 0 unspecified atom stereocenters. The molecule has 0 atom stereocenters. The maximum absolute atomic E-state index is 12.4. The molecular weight excluding hydrogens is 366 g/mol. The first-order valence-corrected chi connectivity index (χ1v) is 8.96. The van der Waals surface area contributed by atoms with Gasteiger partial charge in [-0.3, -0.25) is 14.4 Å². The van der Waals surface area contributed by atoms with Gasteiger partial charge in [0, 0.05) is 29.5 Å². The summed E-state index contributed by atoms with van der Waals surface area (Å²) in [5.74, 6) is -1.70. The third kappa shape index (κ3) is 4.28. The first-order valence-electron chi connectivity index (χ1n) is 8.58. The summed E-state index contributed by atoms with van der Waals surface area (Å²) in [6, 6.07) is 12.4. The predicted octanol–water partition coefficient (Wildman–Crippen LogP) is 2.77. The molecule has 0 spiro atoms. The van der Waals surface area contributed by atoms with Crippen molar-refractivity contribution in [1.82, 2.24) is 4.90 Å².